The second-order valence-electron chi connectivity index (χ2n) is 10.2. The van der Waals surface area contributed by atoms with E-state index in [-0.39, 0.29) is 0 Å². The summed E-state index contributed by atoms with van der Waals surface area (Å²) in [6.45, 7) is 0. The molecule has 4 heterocycles. The van der Waals surface area contributed by atoms with Gasteiger partial charge in [-0.15, -0.1) is 0 Å². The Morgan fingerprint density at radius 2 is 0.875 bits per heavy atom. The molecule has 0 amide bonds. The van der Waals surface area contributed by atoms with Gasteiger partial charge in [0.15, 0.2) is 11.2 Å². The highest BCUT2D eigenvalue weighted by Crippen LogP contribution is 2.40. The van der Waals surface area contributed by atoms with Crippen molar-refractivity contribution in [2.24, 2.45) is 0 Å². The fourth-order valence-corrected chi connectivity index (χ4v) is 6.12. The van der Waals surface area contributed by atoms with Crippen molar-refractivity contribution >= 4 is 65.7 Å². The number of rotatable bonds is 2. The summed E-state index contributed by atoms with van der Waals surface area (Å²) in [4.78, 5) is 9.47. The van der Waals surface area contributed by atoms with Crippen LogP contribution in [0.3, 0.4) is 0 Å². The zero-order chi connectivity index (χ0) is 26.2. The number of fused-ring (bicyclic) bond motifs is 10. The Morgan fingerprint density at radius 1 is 0.425 bits per heavy atom. The first-order valence-corrected chi connectivity index (χ1v) is 13.3. The van der Waals surface area contributed by atoms with E-state index in [4.69, 9.17) is 18.8 Å². The van der Waals surface area contributed by atoms with Crippen LogP contribution in [0.4, 0.5) is 0 Å². The summed E-state index contributed by atoms with van der Waals surface area (Å²) >= 11 is 0. The third kappa shape index (κ3) is 2.96. The largest absolute Gasteiger partial charge is 0.454 e. The van der Waals surface area contributed by atoms with Gasteiger partial charge >= 0.3 is 0 Å². The van der Waals surface area contributed by atoms with Crippen LogP contribution in [0, 0.1) is 0 Å². The SMILES string of the molecule is c1ccc2c(c1)ccc1oc3c(-c4ccc(-c5ccnc6c5oc5ccc7ccccc7c56)cc4)ccnc3c12. The molecule has 0 unspecified atom stereocenters. The van der Waals surface area contributed by atoms with E-state index < -0.39 is 0 Å². The van der Waals surface area contributed by atoms with Gasteiger partial charge in [0, 0.05) is 23.5 Å². The number of pyridine rings is 2. The second kappa shape index (κ2) is 8.01. The summed E-state index contributed by atoms with van der Waals surface area (Å²) in [6, 6.07) is 37.6. The molecule has 0 aliphatic carbocycles. The van der Waals surface area contributed by atoms with Crippen LogP contribution in [0.25, 0.3) is 87.9 Å². The van der Waals surface area contributed by atoms with Crippen LogP contribution in [-0.2, 0) is 0 Å². The molecule has 0 N–H and O–H groups in total. The molecule has 0 bridgehead atoms. The normalized spacial score (nSPS) is 12.0. The Hall–Kier alpha value is -5.48. The summed E-state index contributed by atoms with van der Waals surface area (Å²) in [7, 11) is 0. The minimum absolute atomic E-state index is 0.803. The van der Waals surface area contributed by atoms with Crippen molar-refractivity contribution in [3.63, 3.8) is 0 Å². The Morgan fingerprint density at radius 3 is 1.35 bits per heavy atom. The predicted octanol–water partition coefficient (Wildman–Crippen LogP) is 9.92. The highest BCUT2D eigenvalue weighted by atomic mass is 16.3. The summed E-state index contributed by atoms with van der Waals surface area (Å²) < 4.78 is 12.8. The van der Waals surface area contributed by atoms with Crippen molar-refractivity contribution in [1.29, 1.82) is 0 Å². The third-order valence-corrected chi connectivity index (χ3v) is 8.00. The molecule has 9 aromatic rings. The maximum Gasteiger partial charge on any atom is 0.161 e. The average molecular weight is 513 g/mol. The lowest BCUT2D eigenvalue weighted by molar-refractivity contribution is 0.669. The first-order chi connectivity index (χ1) is 19.8. The zero-order valence-electron chi connectivity index (χ0n) is 21.3. The van der Waals surface area contributed by atoms with Crippen molar-refractivity contribution in [1.82, 2.24) is 9.97 Å². The molecule has 0 atom stereocenters. The van der Waals surface area contributed by atoms with Crippen LogP contribution < -0.4 is 0 Å². The smallest absolute Gasteiger partial charge is 0.161 e. The van der Waals surface area contributed by atoms with Gasteiger partial charge in [0.25, 0.3) is 0 Å². The van der Waals surface area contributed by atoms with Crippen molar-refractivity contribution < 1.29 is 8.83 Å². The molecule has 0 aliphatic heterocycles. The van der Waals surface area contributed by atoms with Crippen molar-refractivity contribution in [2.75, 3.05) is 0 Å². The van der Waals surface area contributed by atoms with Crippen molar-refractivity contribution in [3.8, 4) is 22.3 Å². The topological polar surface area (TPSA) is 52.1 Å². The van der Waals surface area contributed by atoms with E-state index in [1.165, 1.54) is 10.8 Å². The van der Waals surface area contributed by atoms with Crippen molar-refractivity contribution in [3.05, 3.63) is 122 Å². The fraction of sp³-hybridized carbons (Fsp3) is 0. The first-order valence-electron chi connectivity index (χ1n) is 13.3. The van der Waals surface area contributed by atoms with E-state index in [1.807, 2.05) is 36.7 Å². The van der Waals surface area contributed by atoms with E-state index in [0.29, 0.717) is 0 Å². The zero-order valence-corrected chi connectivity index (χ0v) is 21.3. The summed E-state index contributed by atoms with van der Waals surface area (Å²) in [5.74, 6) is 0. The van der Waals surface area contributed by atoms with Gasteiger partial charge < -0.3 is 8.83 Å². The molecule has 0 saturated carbocycles. The van der Waals surface area contributed by atoms with E-state index in [0.717, 1.165) is 77.2 Å². The van der Waals surface area contributed by atoms with Gasteiger partial charge in [0.2, 0.25) is 0 Å². The quantitative estimate of drug-likeness (QED) is 0.231. The number of hydrogen-bond acceptors (Lipinski definition) is 4. The molecule has 0 saturated heterocycles. The second-order valence-corrected chi connectivity index (χ2v) is 10.2. The van der Waals surface area contributed by atoms with Gasteiger partial charge in [-0.05, 0) is 56.9 Å². The maximum absolute atomic E-state index is 6.40. The standard InChI is InChI=1S/C36H20N2O2/c1-3-7-25-21(5-1)13-15-29-31(25)33-35(39-29)27(17-19-37-33)23-9-11-24(12-10-23)28-18-20-38-34-32-26-8-4-2-6-22(26)14-16-30(32)40-36(28)34/h1-20H. The monoisotopic (exact) mass is 512 g/mol. The number of furan rings is 2. The van der Waals surface area contributed by atoms with E-state index in [2.05, 4.69) is 84.9 Å². The molecule has 4 aromatic heterocycles. The molecule has 186 valence electrons. The van der Waals surface area contributed by atoms with E-state index in [9.17, 15) is 0 Å². The number of hydrogen-bond donors (Lipinski definition) is 0. The minimum atomic E-state index is 0.803. The number of aromatic nitrogens is 2. The lowest BCUT2D eigenvalue weighted by atomic mass is 9.99. The lowest BCUT2D eigenvalue weighted by Gasteiger charge is -2.06. The van der Waals surface area contributed by atoms with Gasteiger partial charge in [-0.1, -0.05) is 84.9 Å². The van der Waals surface area contributed by atoms with Crippen molar-refractivity contribution in [2.45, 2.75) is 0 Å². The fourth-order valence-electron chi connectivity index (χ4n) is 6.12. The van der Waals surface area contributed by atoms with Crippen LogP contribution in [0.5, 0.6) is 0 Å². The maximum atomic E-state index is 6.40. The predicted molar refractivity (Wildman–Crippen MR) is 162 cm³/mol. The molecule has 4 heteroatoms. The van der Waals surface area contributed by atoms with Crippen LogP contribution in [0.2, 0.25) is 0 Å². The average Bonchev–Trinajstić information content (AvgIpc) is 3.60. The van der Waals surface area contributed by atoms with Crippen LogP contribution in [-0.4, -0.2) is 9.97 Å². The summed E-state index contributed by atoms with van der Waals surface area (Å²) in [5.41, 5.74) is 9.26. The van der Waals surface area contributed by atoms with Crippen LogP contribution in [0.1, 0.15) is 0 Å². The molecule has 9 rings (SSSR count). The van der Waals surface area contributed by atoms with E-state index in [1.54, 1.807) is 0 Å². The molecule has 40 heavy (non-hydrogen) atoms. The molecule has 0 fully saturated rings. The molecule has 4 nitrogen and oxygen atoms in total. The minimum Gasteiger partial charge on any atom is -0.454 e. The molecule has 0 aliphatic rings. The molecule has 0 radical (unpaired) electrons. The number of benzene rings is 5. The third-order valence-electron chi connectivity index (χ3n) is 8.00. The van der Waals surface area contributed by atoms with Gasteiger partial charge in [-0.3, -0.25) is 9.97 Å². The van der Waals surface area contributed by atoms with Crippen LogP contribution >= 0.6 is 0 Å². The van der Waals surface area contributed by atoms with Gasteiger partial charge in [-0.2, -0.15) is 0 Å². The highest BCUT2D eigenvalue weighted by molar-refractivity contribution is 6.20. The summed E-state index contributed by atoms with van der Waals surface area (Å²) in [5, 5.41) is 6.78. The lowest BCUT2D eigenvalue weighted by Crippen LogP contribution is -1.84. The summed E-state index contributed by atoms with van der Waals surface area (Å²) in [6.07, 6.45) is 3.74. The number of nitrogens with zero attached hydrogens (tertiary/aromatic N) is 2. The molecule has 0 spiro atoms. The van der Waals surface area contributed by atoms with Gasteiger partial charge in [0.05, 0.1) is 10.8 Å². The Bertz CT molecular complexity index is 2260. The molecular weight excluding hydrogens is 492 g/mol. The Kier molecular flexibility index (Phi) is 4.30. The Balaban J connectivity index is 1.20. The molecule has 5 aromatic carbocycles. The van der Waals surface area contributed by atoms with Crippen LogP contribution in [0.15, 0.2) is 130 Å². The molecular formula is C36H20N2O2. The van der Waals surface area contributed by atoms with Gasteiger partial charge in [0.1, 0.15) is 22.2 Å². The highest BCUT2D eigenvalue weighted by Gasteiger charge is 2.18. The van der Waals surface area contributed by atoms with Gasteiger partial charge in [-0.25, -0.2) is 0 Å². The Labute approximate surface area is 228 Å². The first kappa shape index (κ1) is 21.5. The van der Waals surface area contributed by atoms with E-state index >= 15 is 0 Å².